The van der Waals surface area contributed by atoms with Crippen LogP contribution in [0.15, 0.2) is 40.9 Å². The molecule has 0 saturated heterocycles. The topological polar surface area (TPSA) is 21.3 Å². The van der Waals surface area contributed by atoms with E-state index in [1.54, 1.807) is 0 Å². The number of rotatable bonds is 4. The molecule has 2 nitrogen and oxygen atoms in total. The summed E-state index contributed by atoms with van der Waals surface area (Å²) >= 11 is 3.64. The summed E-state index contributed by atoms with van der Waals surface area (Å²) in [6.45, 7) is 5.96. The molecule has 1 atom stereocenters. The predicted molar refractivity (Wildman–Crippen MR) is 90.0 cm³/mol. The van der Waals surface area contributed by atoms with E-state index in [0.29, 0.717) is 0 Å². The Morgan fingerprint density at radius 2 is 2.00 bits per heavy atom. The summed E-state index contributed by atoms with van der Waals surface area (Å²) < 4.78 is 7.02. The number of benzene rings is 2. The zero-order valence-electron chi connectivity index (χ0n) is 12.4. The van der Waals surface area contributed by atoms with Crippen LogP contribution in [0.2, 0.25) is 0 Å². The van der Waals surface area contributed by atoms with Crippen molar-refractivity contribution in [2.75, 3.05) is 13.2 Å². The van der Waals surface area contributed by atoms with Gasteiger partial charge in [0.1, 0.15) is 5.75 Å². The third-order valence-corrected chi connectivity index (χ3v) is 4.36. The minimum Gasteiger partial charge on any atom is -0.493 e. The largest absolute Gasteiger partial charge is 0.493 e. The molecule has 0 radical (unpaired) electrons. The number of halogens is 1. The average Bonchev–Trinajstić information content (AvgIpc) is 2.93. The van der Waals surface area contributed by atoms with Crippen molar-refractivity contribution in [2.45, 2.75) is 26.3 Å². The second-order valence-electron chi connectivity index (χ2n) is 5.48. The molecule has 0 spiro atoms. The first-order valence-electron chi connectivity index (χ1n) is 7.44. The molecule has 0 saturated carbocycles. The molecule has 0 aliphatic carbocycles. The average molecular weight is 346 g/mol. The molecular weight excluding hydrogens is 326 g/mol. The van der Waals surface area contributed by atoms with Crippen molar-refractivity contribution in [3.8, 4) is 5.75 Å². The molecule has 0 bridgehead atoms. The van der Waals surface area contributed by atoms with Gasteiger partial charge in [-0.25, -0.2) is 0 Å². The maximum atomic E-state index is 5.90. The van der Waals surface area contributed by atoms with Crippen molar-refractivity contribution < 1.29 is 4.74 Å². The number of ether oxygens (including phenoxy) is 1. The Kier molecular flexibility index (Phi) is 4.32. The Morgan fingerprint density at radius 3 is 2.71 bits per heavy atom. The van der Waals surface area contributed by atoms with Crippen molar-refractivity contribution in [3.63, 3.8) is 0 Å². The van der Waals surface area contributed by atoms with Crippen LogP contribution < -0.4 is 10.1 Å². The number of fused-ring (bicyclic) bond motifs is 1. The van der Waals surface area contributed by atoms with E-state index < -0.39 is 0 Å². The van der Waals surface area contributed by atoms with E-state index in [4.69, 9.17) is 4.74 Å². The van der Waals surface area contributed by atoms with Gasteiger partial charge in [0, 0.05) is 16.5 Å². The van der Waals surface area contributed by atoms with Crippen molar-refractivity contribution in [3.05, 3.63) is 63.1 Å². The summed E-state index contributed by atoms with van der Waals surface area (Å²) in [7, 11) is 0. The summed E-state index contributed by atoms with van der Waals surface area (Å²) in [5.74, 6) is 1.06. The fraction of sp³-hybridized carbons (Fsp3) is 0.333. The van der Waals surface area contributed by atoms with Crippen LogP contribution in [0.25, 0.3) is 0 Å². The maximum absolute atomic E-state index is 5.90. The second kappa shape index (κ2) is 6.20. The highest BCUT2D eigenvalue weighted by Gasteiger charge is 2.24. The van der Waals surface area contributed by atoms with Crippen LogP contribution in [0.4, 0.5) is 0 Å². The molecule has 2 aromatic carbocycles. The SMILES string of the molecule is CCNC(c1ccc(C)cc1)c1cc(Br)cc2c1OCC2. The molecule has 2 aromatic rings. The van der Waals surface area contributed by atoms with Gasteiger partial charge in [0.2, 0.25) is 0 Å². The Hall–Kier alpha value is -1.32. The summed E-state index contributed by atoms with van der Waals surface area (Å²) in [6, 6.07) is 13.2. The normalized spacial score (nSPS) is 14.6. The summed E-state index contributed by atoms with van der Waals surface area (Å²) in [5.41, 5.74) is 5.08. The predicted octanol–water partition coefficient (Wildman–Crippen LogP) is 4.39. The smallest absolute Gasteiger partial charge is 0.127 e. The van der Waals surface area contributed by atoms with E-state index in [0.717, 1.165) is 29.8 Å². The monoisotopic (exact) mass is 345 g/mol. The van der Waals surface area contributed by atoms with Crippen molar-refractivity contribution in [1.29, 1.82) is 0 Å². The number of nitrogens with one attached hydrogen (secondary N) is 1. The molecule has 1 aliphatic rings. The first-order chi connectivity index (χ1) is 10.2. The lowest BCUT2D eigenvalue weighted by molar-refractivity contribution is 0.350. The zero-order valence-corrected chi connectivity index (χ0v) is 14.0. The van der Waals surface area contributed by atoms with Crippen molar-refractivity contribution in [1.82, 2.24) is 5.32 Å². The van der Waals surface area contributed by atoms with Gasteiger partial charge in [-0.15, -0.1) is 0 Å². The van der Waals surface area contributed by atoms with Crippen LogP contribution >= 0.6 is 15.9 Å². The lowest BCUT2D eigenvalue weighted by Crippen LogP contribution is -2.22. The maximum Gasteiger partial charge on any atom is 0.127 e. The van der Waals surface area contributed by atoms with Crippen LogP contribution in [0.3, 0.4) is 0 Å². The number of hydrogen-bond donors (Lipinski definition) is 1. The molecule has 0 aromatic heterocycles. The molecule has 0 fully saturated rings. The summed E-state index contributed by atoms with van der Waals surface area (Å²) in [5, 5.41) is 3.59. The Bertz CT molecular complexity index is 636. The van der Waals surface area contributed by atoms with Gasteiger partial charge in [0.05, 0.1) is 12.6 Å². The molecule has 1 heterocycles. The van der Waals surface area contributed by atoms with Gasteiger partial charge in [0.15, 0.2) is 0 Å². The van der Waals surface area contributed by atoms with Gasteiger partial charge in [0.25, 0.3) is 0 Å². The molecule has 110 valence electrons. The second-order valence-corrected chi connectivity index (χ2v) is 6.40. The van der Waals surface area contributed by atoms with Crippen LogP contribution in [0.1, 0.15) is 35.2 Å². The molecule has 1 unspecified atom stereocenters. The standard InChI is InChI=1S/C18H20BrNO/c1-3-20-17(13-6-4-12(2)5-7-13)16-11-15(19)10-14-8-9-21-18(14)16/h4-7,10-11,17,20H,3,8-9H2,1-2H3. The van der Waals surface area contributed by atoms with Gasteiger partial charge in [-0.3, -0.25) is 0 Å². The first kappa shape index (κ1) is 14.6. The Morgan fingerprint density at radius 1 is 1.24 bits per heavy atom. The van der Waals surface area contributed by atoms with Crippen LogP contribution in [-0.2, 0) is 6.42 Å². The van der Waals surface area contributed by atoms with E-state index in [-0.39, 0.29) is 6.04 Å². The number of aryl methyl sites for hydroxylation is 1. The highest BCUT2D eigenvalue weighted by molar-refractivity contribution is 9.10. The van der Waals surface area contributed by atoms with Gasteiger partial charge < -0.3 is 10.1 Å². The molecule has 3 heteroatoms. The third-order valence-electron chi connectivity index (χ3n) is 3.91. The van der Waals surface area contributed by atoms with Crippen LogP contribution in [0, 0.1) is 6.92 Å². The highest BCUT2D eigenvalue weighted by Crippen LogP contribution is 2.38. The van der Waals surface area contributed by atoms with Crippen molar-refractivity contribution >= 4 is 15.9 Å². The molecule has 3 rings (SSSR count). The molecule has 1 aliphatic heterocycles. The van der Waals surface area contributed by atoms with E-state index in [9.17, 15) is 0 Å². The van der Waals surface area contributed by atoms with Gasteiger partial charge in [-0.05, 0) is 36.7 Å². The lowest BCUT2D eigenvalue weighted by atomic mass is 9.95. The summed E-state index contributed by atoms with van der Waals surface area (Å²) in [4.78, 5) is 0. The van der Waals surface area contributed by atoms with E-state index in [2.05, 4.69) is 71.5 Å². The first-order valence-corrected chi connectivity index (χ1v) is 8.23. The lowest BCUT2D eigenvalue weighted by Gasteiger charge is -2.22. The Balaban J connectivity index is 2.07. The van der Waals surface area contributed by atoms with Crippen LogP contribution in [0.5, 0.6) is 5.75 Å². The minimum absolute atomic E-state index is 0.167. The van der Waals surface area contributed by atoms with E-state index in [1.807, 2.05) is 0 Å². The molecule has 1 N–H and O–H groups in total. The van der Waals surface area contributed by atoms with Crippen molar-refractivity contribution in [2.24, 2.45) is 0 Å². The quantitative estimate of drug-likeness (QED) is 0.887. The fourth-order valence-electron chi connectivity index (χ4n) is 2.88. The molecular formula is C18H20BrNO. The minimum atomic E-state index is 0.167. The third kappa shape index (κ3) is 2.99. The van der Waals surface area contributed by atoms with Gasteiger partial charge >= 0.3 is 0 Å². The number of hydrogen-bond acceptors (Lipinski definition) is 2. The molecule has 21 heavy (non-hydrogen) atoms. The van der Waals surface area contributed by atoms with E-state index in [1.165, 1.54) is 22.3 Å². The Labute approximate surface area is 134 Å². The van der Waals surface area contributed by atoms with Gasteiger partial charge in [-0.1, -0.05) is 52.7 Å². The molecule has 0 amide bonds. The zero-order chi connectivity index (χ0) is 14.8. The van der Waals surface area contributed by atoms with E-state index >= 15 is 0 Å². The van der Waals surface area contributed by atoms with Crippen LogP contribution in [-0.4, -0.2) is 13.2 Å². The summed E-state index contributed by atoms with van der Waals surface area (Å²) in [6.07, 6.45) is 0.995. The van der Waals surface area contributed by atoms with Gasteiger partial charge in [-0.2, -0.15) is 0 Å². The fourth-order valence-corrected chi connectivity index (χ4v) is 3.41. The highest BCUT2D eigenvalue weighted by atomic mass is 79.9.